The molecule has 7 aromatic carbocycles. The summed E-state index contributed by atoms with van der Waals surface area (Å²) in [6.45, 7) is 9.51. The largest absolute Gasteiger partial charge is 0.0619 e. The molecule has 0 heteroatoms. The number of rotatable bonds is 2. The molecular weight excluding hydrogens is 528 g/mol. The lowest BCUT2D eigenvalue weighted by Crippen LogP contribution is -2.15. The molecule has 0 bridgehead atoms. The molecule has 0 spiro atoms. The smallest absolute Gasteiger partial charge is 0.0159 e. The average molecular weight is 563 g/mol. The molecule has 210 valence electrons. The topological polar surface area (TPSA) is 0 Å². The van der Waals surface area contributed by atoms with Crippen LogP contribution in [0, 0.1) is 0 Å². The standard InChI is InChI=1S/C44H34/c1-43(2)37-19-10-9-17-33(37)34-22-20-29(25-39(34)43)28-13-11-14-30(24-28)36-26-40-42(35-18-8-7-16-32(35)36)41-31-15-6-5-12-27(31)21-23-38(41)44(40,3)4/h5-26H,1-4H3. The molecule has 0 unspecified atom stereocenters. The Hall–Kier alpha value is -4.94. The number of hydrogen-bond acceptors (Lipinski definition) is 0. The molecule has 0 heterocycles. The lowest BCUT2D eigenvalue weighted by Gasteiger charge is -2.23. The quantitative estimate of drug-likeness (QED) is 0.197. The first-order chi connectivity index (χ1) is 21.3. The van der Waals surface area contributed by atoms with E-state index in [1.165, 1.54) is 88.3 Å². The van der Waals surface area contributed by atoms with Crippen LogP contribution in [0.3, 0.4) is 0 Å². The van der Waals surface area contributed by atoms with E-state index in [-0.39, 0.29) is 10.8 Å². The van der Waals surface area contributed by atoms with Gasteiger partial charge in [-0.05, 0) is 107 Å². The Morgan fingerprint density at radius 3 is 1.84 bits per heavy atom. The van der Waals surface area contributed by atoms with Crippen molar-refractivity contribution in [1.29, 1.82) is 0 Å². The van der Waals surface area contributed by atoms with Crippen molar-refractivity contribution in [2.24, 2.45) is 0 Å². The van der Waals surface area contributed by atoms with E-state index in [0.717, 1.165) is 0 Å². The van der Waals surface area contributed by atoms with E-state index in [1.54, 1.807) is 0 Å². The van der Waals surface area contributed by atoms with Gasteiger partial charge in [0.05, 0.1) is 0 Å². The lowest BCUT2D eigenvalue weighted by molar-refractivity contribution is 0.660. The van der Waals surface area contributed by atoms with E-state index in [2.05, 4.69) is 161 Å². The molecule has 0 saturated heterocycles. The summed E-state index contributed by atoms with van der Waals surface area (Å²) < 4.78 is 0. The van der Waals surface area contributed by atoms with Crippen LogP contribution in [-0.4, -0.2) is 0 Å². The van der Waals surface area contributed by atoms with E-state index in [4.69, 9.17) is 0 Å². The van der Waals surface area contributed by atoms with Crippen LogP contribution in [0.25, 0.3) is 66.1 Å². The monoisotopic (exact) mass is 562 g/mol. The molecule has 0 amide bonds. The van der Waals surface area contributed by atoms with Crippen molar-refractivity contribution in [2.75, 3.05) is 0 Å². The fraction of sp³-hybridized carbons (Fsp3) is 0.136. The van der Waals surface area contributed by atoms with Crippen LogP contribution in [0.5, 0.6) is 0 Å². The molecule has 7 aromatic rings. The highest BCUT2D eigenvalue weighted by Gasteiger charge is 2.38. The van der Waals surface area contributed by atoms with Gasteiger partial charge in [0.2, 0.25) is 0 Å². The molecule has 0 atom stereocenters. The zero-order chi connectivity index (χ0) is 29.8. The van der Waals surface area contributed by atoms with Gasteiger partial charge in [-0.2, -0.15) is 0 Å². The van der Waals surface area contributed by atoms with Gasteiger partial charge in [0, 0.05) is 10.8 Å². The third-order valence-corrected chi connectivity index (χ3v) is 10.7. The second kappa shape index (κ2) is 8.80. The van der Waals surface area contributed by atoms with Crippen molar-refractivity contribution in [1.82, 2.24) is 0 Å². The minimum absolute atomic E-state index is 0.0134. The van der Waals surface area contributed by atoms with Gasteiger partial charge in [-0.3, -0.25) is 0 Å². The molecule has 0 N–H and O–H groups in total. The van der Waals surface area contributed by atoms with Gasteiger partial charge in [0.15, 0.2) is 0 Å². The highest BCUT2D eigenvalue weighted by atomic mass is 14.4. The first kappa shape index (κ1) is 25.5. The minimum Gasteiger partial charge on any atom is -0.0619 e. The zero-order valence-electron chi connectivity index (χ0n) is 25.7. The van der Waals surface area contributed by atoms with Crippen molar-refractivity contribution in [3.63, 3.8) is 0 Å². The van der Waals surface area contributed by atoms with Gasteiger partial charge >= 0.3 is 0 Å². The van der Waals surface area contributed by atoms with E-state index in [0.29, 0.717) is 0 Å². The normalized spacial score (nSPS) is 15.2. The Balaban J connectivity index is 1.24. The Kier molecular flexibility index (Phi) is 5.11. The Bertz CT molecular complexity index is 2330. The van der Waals surface area contributed by atoms with Gasteiger partial charge in [-0.1, -0.05) is 143 Å². The molecule has 0 fully saturated rings. The molecular formula is C44H34. The van der Waals surface area contributed by atoms with Crippen LogP contribution in [0.1, 0.15) is 49.9 Å². The molecule has 0 radical (unpaired) electrons. The van der Waals surface area contributed by atoms with Gasteiger partial charge in [-0.15, -0.1) is 0 Å². The fourth-order valence-electron chi connectivity index (χ4n) is 8.33. The predicted octanol–water partition coefficient (Wildman–Crippen LogP) is 11.9. The van der Waals surface area contributed by atoms with E-state index in [9.17, 15) is 0 Å². The van der Waals surface area contributed by atoms with Gasteiger partial charge in [-0.25, -0.2) is 0 Å². The van der Waals surface area contributed by atoms with Crippen LogP contribution in [0.2, 0.25) is 0 Å². The minimum atomic E-state index is -0.0916. The Labute approximate surface area is 259 Å². The van der Waals surface area contributed by atoms with Crippen molar-refractivity contribution in [2.45, 2.75) is 38.5 Å². The van der Waals surface area contributed by atoms with Crippen LogP contribution >= 0.6 is 0 Å². The molecule has 0 nitrogen and oxygen atoms in total. The van der Waals surface area contributed by atoms with Crippen LogP contribution < -0.4 is 0 Å². The summed E-state index contributed by atoms with van der Waals surface area (Å²) in [7, 11) is 0. The average Bonchev–Trinajstić information content (AvgIpc) is 3.44. The molecule has 44 heavy (non-hydrogen) atoms. The Morgan fingerprint density at radius 1 is 0.341 bits per heavy atom. The highest BCUT2D eigenvalue weighted by molar-refractivity contribution is 6.14. The summed E-state index contributed by atoms with van der Waals surface area (Å²) in [5, 5.41) is 5.30. The summed E-state index contributed by atoms with van der Waals surface area (Å²) in [6, 6.07) is 50.2. The van der Waals surface area contributed by atoms with Crippen LogP contribution in [0.15, 0.2) is 133 Å². The Morgan fingerprint density at radius 2 is 0.977 bits per heavy atom. The van der Waals surface area contributed by atoms with Crippen molar-refractivity contribution < 1.29 is 0 Å². The maximum absolute atomic E-state index is 2.49. The molecule has 0 aromatic heterocycles. The van der Waals surface area contributed by atoms with Crippen LogP contribution in [-0.2, 0) is 10.8 Å². The lowest BCUT2D eigenvalue weighted by atomic mass is 9.80. The first-order valence-corrected chi connectivity index (χ1v) is 15.8. The van der Waals surface area contributed by atoms with E-state index < -0.39 is 0 Å². The molecule has 0 aliphatic heterocycles. The summed E-state index contributed by atoms with van der Waals surface area (Å²) in [5.74, 6) is 0. The first-order valence-electron chi connectivity index (χ1n) is 15.8. The fourth-order valence-corrected chi connectivity index (χ4v) is 8.33. The zero-order valence-corrected chi connectivity index (χ0v) is 25.7. The maximum Gasteiger partial charge on any atom is 0.0159 e. The number of hydrogen-bond donors (Lipinski definition) is 0. The SMILES string of the molecule is CC1(C)c2ccccc2-c2ccc(-c3cccc(-c4cc5c(c6ccccc46)-c4c(ccc6ccccc46)C5(C)C)c3)cc21. The molecule has 0 saturated carbocycles. The highest BCUT2D eigenvalue weighted by Crippen LogP contribution is 2.55. The number of benzene rings is 7. The third-order valence-electron chi connectivity index (χ3n) is 10.7. The summed E-state index contributed by atoms with van der Waals surface area (Å²) in [6.07, 6.45) is 0. The van der Waals surface area contributed by atoms with Gasteiger partial charge < -0.3 is 0 Å². The van der Waals surface area contributed by atoms with Crippen molar-refractivity contribution in [3.8, 4) is 44.5 Å². The molecule has 2 aliphatic carbocycles. The van der Waals surface area contributed by atoms with Gasteiger partial charge in [0.25, 0.3) is 0 Å². The van der Waals surface area contributed by atoms with Crippen LogP contribution in [0.4, 0.5) is 0 Å². The van der Waals surface area contributed by atoms with Crippen molar-refractivity contribution in [3.05, 3.63) is 156 Å². The van der Waals surface area contributed by atoms with Crippen molar-refractivity contribution >= 4 is 21.5 Å². The van der Waals surface area contributed by atoms with Gasteiger partial charge in [0.1, 0.15) is 0 Å². The van der Waals surface area contributed by atoms with E-state index in [1.807, 2.05) is 0 Å². The second-order valence-electron chi connectivity index (χ2n) is 13.7. The number of fused-ring (bicyclic) bond motifs is 10. The maximum atomic E-state index is 2.49. The summed E-state index contributed by atoms with van der Waals surface area (Å²) in [5.41, 5.74) is 16.2. The summed E-state index contributed by atoms with van der Waals surface area (Å²) >= 11 is 0. The summed E-state index contributed by atoms with van der Waals surface area (Å²) in [4.78, 5) is 0. The third kappa shape index (κ3) is 3.34. The molecule has 9 rings (SSSR count). The predicted molar refractivity (Wildman–Crippen MR) is 187 cm³/mol. The molecule has 2 aliphatic rings. The second-order valence-corrected chi connectivity index (χ2v) is 13.7. The van der Waals surface area contributed by atoms with E-state index >= 15 is 0 Å².